The molecule has 5 nitrogen and oxygen atoms in total. The number of hydrogen-bond acceptors (Lipinski definition) is 3. The summed E-state index contributed by atoms with van der Waals surface area (Å²) in [6.45, 7) is 8.12. The first kappa shape index (κ1) is 25.9. The van der Waals surface area contributed by atoms with Crippen LogP contribution in [0.4, 0.5) is 0 Å². The molecule has 3 fully saturated rings. The van der Waals surface area contributed by atoms with Gasteiger partial charge in [-0.15, -0.1) is 0 Å². The zero-order chi connectivity index (χ0) is 24.9. The zero-order valence-corrected chi connectivity index (χ0v) is 21.8. The summed E-state index contributed by atoms with van der Waals surface area (Å²) in [4.78, 5) is 22.9. The number of carbonyl (C=O) groups excluding carboxylic acids is 1. The van der Waals surface area contributed by atoms with Gasteiger partial charge in [0.05, 0.1) is 6.42 Å². The third-order valence-electron chi connectivity index (χ3n) is 8.34. The van der Waals surface area contributed by atoms with Crippen LogP contribution < -0.4 is 10.6 Å². The average molecular weight is 481 g/mol. The average Bonchev–Trinajstić information content (AvgIpc) is 3.69. The molecule has 1 aromatic rings. The van der Waals surface area contributed by atoms with Gasteiger partial charge in [0.15, 0.2) is 0 Å². The van der Waals surface area contributed by atoms with Gasteiger partial charge in [-0.25, -0.2) is 0 Å². The summed E-state index contributed by atoms with van der Waals surface area (Å²) < 4.78 is 0. The van der Waals surface area contributed by atoms with Gasteiger partial charge in [-0.1, -0.05) is 56.2 Å². The maximum absolute atomic E-state index is 12.1. The molecule has 0 radical (unpaired) electrons. The van der Waals surface area contributed by atoms with Crippen molar-refractivity contribution < 1.29 is 14.7 Å². The van der Waals surface area contributed by atoms with Crippen LogP contribution >= 0.6 is 0 Å². The van der Waals surface area contributed by atoms with E-state index >= 15 is 0 Å². The summed E-state index contributed by atoms with van der Waals surface area (Å²) in [5.74, 6) is 1.35. The third-order valence-corrected chi connectivity index (χ3v) is 8.34. The highest BCUT2D eigenvalue weighted by Crippen LogP contribution is 2.53. The van der Waals surface area contributed by atoms with Gasteiger partial charge in [-0.05, 0) is 92.7 Å². The highest BCUT2D eigenvalue weighted by atomic mass is 16.4. The Bertz CT molecular complexity index is 929. The normalized spacial score (nSPS) is 23.3. The van der Waals surface area contributed by atoms with Crippen molar-refractivity contribution in [1.82, 2.24) is 10.6 Å². The van der Waals surface area contributed by atoms with Crippen LogP contribution in [0.25, 0.3) is 0 Å². The summed E-state index contributed by atoms with van der Waals surface area (Å²) in [5.41, 5.74) is 6.34. The topological polar surface area (TPSA) is 78.4 Å². The van der Waals surface area contributed by atoms with Crippen LogP contribution in [0, 0.1) is 23.7 Å². The number of benzene rings is 1. The lowest BCUT2D eigenvalue weighted by atomic mass is 9.94. The van der Waals surface area contributed by atoms with E-state index in [0.29, 0.717) is 24.4 Å². The fourth-order valence-corrected chi connectivity index (χ4v) is 5.89. The number of hydrogen-bond donors (Lipinski definition) is 3. The molecule has 1 unspecified atom stereocenters. The van der Waals surface area contributed by atoms with E-state index in [4.69, 9.17) is 5.11 Å². The molecule has 192 valence electrons. The predicted molar refractivity (Wildman–Crippen MR) is 140 cm³/mol. The number of aryl methyl sites for hydroxylation is 1. The summed E-state index contributed by atoms with van der Waals surface area (Å²) in [6, 6.07) is 9.43. The Morgan fingerprint density at radius 1 is 1.14 bits per heavy atom. The van der Waals surface area contributed by atoms with E-state index in [2.05, 4.69) is 48.7 Å². The van der Waals surface area contributed by atoms with Gasteiger partial charge in [-0.2, -0.15) is 0 Å². The number of carboxylic acid groups (broad SMARTS) is 1. The Kier molecular flexibility index (Phi) is 8.69. The van der Waals surface area contributed by atoms with Crippen LogP contribution in [-0.2, 0) is 16.0 Å². The summed E-state index contributed by atoms with van der Waals surface area (Å²) in [6.07, 6.45) is 9.61. The van der Waals surface area contributed by atoms with Crippen LogP contribution in [-0.4, -0.2) is 36.1 Å². The van der Waals surface area contributed by atoms with Crippen molar-refractivity contribution in [2.45, 2.75) is 90.5 Å². The van der Waals surface area contributed by atoms with E-state index in [1.165, 1.54) is 49.7 Å². The number of amides is 1. The van der Waals surface area contributed by atoms with E-state index < -0.39 is 11.9 Å². The lowest BCUT2D eigenvalue weighted by Gasteiger charge is -2.24. The first-order valence-electron chi connectivity index (χ1n) is 13.9. The number of carbonyl (C=O) groups is 2. The summed E-state index contributed by atoms with van der Waals surface area (Å²) in [7, 11) is 0. The fourth-order valence-electron chi connectivity index (χ4n) is 5.89. The van der Waals surface area contributed by atoms with Gasteiger partial charge in [0.1, 0.15) is 0 Å². The van der Waals surface area contributed by atoms with Crippen molar-refractivity contribution in [1.29, 1.82) is 0 Å². The molecule has 0 heterocycles. The molecule has 0 aromatic heterocycles. The van der Waals surface area contributed by atoms with Gasteiger partial charge < -0.3 is 15.7 Å². The molecule has 3 aliphatic carbocycles. The SMILES string of the molecule is CCC(=C1CC1)[C@@H](NC[C@@H](C)C1C[C@H]1c1ccccc1CCCNC(=O)[C@H](C)CC(=O)O)C1CC1. The van der Waals surface area contributed by atoms with Crippen molar-refractivity contribution >= 4 is 11.9 Å². The largest absolute Gasteiger partial charge is 0.481 e. The van der Waals surface area contributed by atoms with Crippen molar-refractivity contribution in [3.8, 4) is 0 Å². The van der Waals surface area contributed by atoms with Crippen LogP contribution in [0.2, 0.25) is 0 Å². The van der Waals surface area contributed by atoms with E-state index in [-0.39, 0.29) is 12.3 Å². The number of rotatable bonds is 15. The molecule has 1 amide bonds. The van der Waals surface area contributed by atoms with Gasteiger partial charge in [0.25, 0.3) is 0 Å². The predicted octanol–water partition coefficient (Wildman–Crippen LogP) is 5.45. The van der Waals surface area contributed by atoms with E-state index in [0.717, 1.165) is 31.2 Å². The second kappa shape index (κ2) is 11.7. The molecule has 1 aromatic carbocycles. The third kappa shape index (κ3) is 7.19. The van der Waals surface area contributed by atoms with Crippen molar-refractivity contribution in [2.75, 3.05) is 13.1 Å². The van der Waals surface area contributed by atoms with Crippen LogP contribution in [0.15, 0.2) is 35.4 Å². The Morgan fingerprint density at radius 2 is 1.89 bits per heavy atom. The fraction of sp³-hybridized carbons (Fsp3) is 0.667. The Hall–Kier alpha value is -2.14. The van der Waals surface area contributed by atoms with E-state index in [9.17, 15) is 9.59 Å². The molecule has 35 heavy (non-hydrogen) atoms. The smallest absolute Gasteiger partial charge is 0.304 e. The Labute approximate surface area is 211 Å². The first-order valence-corrected chi connectivity index (χ1v) is 13.9. The molecule has 4 rings (SSSR count). The second-order valence-corrected chi connectivity index (χ2v) is 11.3. The number of aliphatic carboxylic acids is 1. The van der Waals surface area contributed by atoms with Gasteiger partial charge >= 0.3 is 5.97 Å². The van der Waals surface area contributed by atoms with Crippen molar-refractivity contribution in [3.05, 3.63) is 46.5 Å². The number of carboxylic acids is 1. The summed E-state index contributed by atoms with van der Waals surface area (Å²) in [5, 5.41) is 15.8. The minimum Gasteiger partial charge on any atom is -0.481 e. The minimum absolute atomic E-state index is 0.122. The Balaban J connectivity index is 1.24. The lowest BCUT2D eigenvalue weighted by molar-refractivity contribution is -0.140. The zero-order valence-electron chi connectivity index (χ0n) is 21.8. The Morgan fingerprint density at radius 3 is 2.54 bits per heavy atom. The number of allylic oxidation sites excluding steroid dienone is 1. The van der Waals surface area contributed by atoms with Crippen LogP contribution in [0.1, 0.15) is 89.2 Å². The first-order chi connectivity index (χ1) is 16.9. The maximum atomic E-state index is 12.1. The van der Waals surface area contributed by atoms with Gasteiger partial charge in [-0.3, -0.25) is 9.59 Å². The molecule has 5 atom stereocenters. The van der Waals surface area contributed by atoms with E-state index in [1.54, 1.807) is 18.1 Å². The molecule has 0 aliphatic heterocycles. The van der Waals surface area contributed by atoms with Gasteiger partial charge in [0, 0.05) is 18.5 Å². The molecule has 0 spiro atoms. The monoisotopic (exact) mass is 480 g/mol. The molecule has 0 saturated heterocycles. The van der Waals surface area contributed by atoms with Gasteiger partial charge in [0.2, 0.25) is 5.91 Å². The number of nitrogens with one attached hydrogen (secondary N) is 2. The highest BCUT2D eigenvalue weighted by molar-refractivity contribution is 5.82. The molecular formula is C30H44N2O3. The van der Waals surface area contributed by atoms with Crippen molar-refractivity contribution in [2.24, 2.45) is 23.7 Å². The highest BCUT2D eigenvalue weighted by Gasteiger charge is 2.43. The minimum atomic E-state index is -0.932. The molecule has 5 heteroatoms. The van der Waals surface area contributed by atoms with E-state index in [1.807, 2.05) is 0 Å². The molecule has 0 bridgehead atoms. The molecule has 3 saturated carbocycles. The second-order valence-electron chi connectivity index (χ2n) is 11.3. The standard InChI is InChI=1S/C30H44N2O3/c1-4-24(22-11-12-22)29(23-13-14-23)32-18-20(3)26-17-27(26)25-10-6-5-8-21(25)9-7-15-31-30(35)19(2)16-28(33)34/h5-6,8,10,19-20,23,26-27,29,32H,4,7,9,11-18H2,1-3H3,(H,31,35)(H,33,34)/t19-,20-,26?,27+,29+/m1/s1. The van der Waals surface area contributed by atoms with Crippen molar-refractivity contribution in [3.63, 3.8) is 0 Å². The lowest BCUT2D eigenvalue weighted by Crippen LogP contribution is -2.36. The molecule has 3 N–H and O–H groups in total. The molecular weight excluding hydrogens is 436 g/mol. The maximum Gasteiger partial charge on any atom is 0.304 e. The van der Waals surface area contributed by atoms with Crippen LogP contribution in [0.5, 0.6) is 0 Å². The molecule has 3 aliphatic rings. The van der Waals surface area contributed by atoms with Crippen LogP contribution in [0.3, 0.4) is 0 Å². The summed E-state index contributed by atoms with van der Waals surface area (Å²) >= 11 is 0. The quantitative estimate of drug-likeness (QED) is 0.230.